The Kier molecular flexibility index (Phi) is 5.95. The number of aromatic nitrogens is 2. The van der Waals surface area contributed by atoms with Gasteiger partial charge in [-0.25, -0.2) is 9.97 Å². The second kappa shape index (κ2) is 8.97. The van der Waals surface area contributed by atoms with Gasteiger partial charge in [0, 0.05) is 23.5 Å². The summed E-state index contributed by atoms with van der Waals surface area (Å²) in [5, 5.41) is 17.8. The highest BCUT2D eigenvalue weighted by atomic mass is 35.5. The van der Waals surface area contributed by atoms with Crippen molar-refractivity contribution in [3.63, 3.8) is 0 Å². The zero-order valence-corrected chi connectivity index (χ0v) is 17.6. The van der Waals surface area contributed by atoms with Crippen molar-refractivity contribution in [3.8, 4) is 0 Å². The van der Waals surface area contributed by atoms with Gasteiger partial charge in [0.1, 0.15) is 6.33 Å². The normalized spacial score (nSPS) is 10.8. The summed E-state index contributed by atoms with van der Waals surface area (Å²) in [6, 6.07) is 21.1. The van der Waals surface area contributed by atoms with Crippen LogP contribution in [0, 0.1) is 10.1 Å². The molecule has 0 radical (unpaired) electrons. The van der Waals surface area contributed by atoms with Gasteiger partial charge in [-0.1, -0.05) is 60.1 Å². The van der Waals surface area contributed by atoms with Gasteiger partial charge in [-0.15, -0.1) is 0 Å². The van der Waals surface area contributed by atoms with Crippen molar-refractivity contribution in [1.82, 2.24) is 9.97 Å². The standard InChI is InChI=1S/C23H20ClN5O2/c1-2-28(20-9-5-7-17-6-3-4-8-19(17)20)23-21(29(30)31)22(26-15-27-23)25-14-16-10-12-18(24)13-11-16/h3-13,15H,2,14H2,1H3,(H,25,26,27). The fraction of sp³-hybridized carbons (Fsp3) is 0.130. The summed E-state index contributed by atoms with van der Waals surface area (Å²) < 4.78 is 0. The number of rotatable bonds is 7. The van der Waals surface area contributed by atoms with Crippen molar-refractivity contribution in [2.75, 3.05) is 16.8 Å². The first-order valence-electron chi connectivity index (χ1n) is 9.81. The third-order valence-corrected chi connectivity index (χ3v) is 5.24. The fourth-order valence-electron chi connectivity index (χ4n) is 3.53. The summed E-state index contributed by atoms with van der Waals surface area (Å²) in [5.41, 5.74) is 1.62. The Balaban J connectivity index is 1.75. The summed E-state index contributed by atoms with van der Waals surface area (Å²) in [4.78, 5) is 21.9. The Morgan fingerprint density at radius 2 is 1.77 bits per heavy atom. The van der Waals surface area contributed by atoms with E-state index >= 15 is 0 Å². The van der Waals surface area contributed by atoms with Crippen molar-refractivity contribution in [2.45, 2.75) is 13.5 Å². The van der Waals surface area contributed by atoms with Gasteiger partial charge < -0.3 is 10.2 Å². The summed E-state index contributed by atoms with van der Waals surface area (Å²) in [6.07, 6.45) is 1.35. The van der Waals surface area contributed by atoms with E-state index in [2.05, 4.69) is 15.3 Å². The highest BCUT2D eigenvalue weighted by Gasteiger charge is 2.28. The van der Waals surface area contributed by atoms with Gasteiger partial charge in [0.25, 0.3) is 0 Å². The first kappa shape index (κ1) is 20.6. The predicted molar refractivity (Wildman–Crippen MR) is 124 cm³/mol. The van der Waals surface area contributed by atoms with Gasteiger partial charge in [0.2, 0.25) is 11.6 Å². The Labute approximate surface area is 184 Å². The van der Waals surface area contributed by atoms with E-state index in [1.54, 1.807) is 12.1 Å². The van der Waals surface area contributed by atoms with E-state index in [1.807, 2.05) is 66.4 Å². The van der Waals surface area contributed by atoms with Crippen LogP contribution in [0.4, 0.5) is 23.0 Å². The number of hydrogen-bond donors (Lipinski definition) is 1. The minimum Gasteiger partial charge on any atom is -0.360 e. The van der Waals surface area contributed by atoms with Crippen molar-refractivity contribution in [1.29, 1.82) is 0 Å². The molecule has 1 N–H and O–H groups in total. The molecule has 0 fully saturated rings. The average molecular weight is 434 g/mol. The molecule has 7 nitrogen and oxygen atoms in total. The molecule has 0 saturated heterocycles. The Morgan fingerprint density at radius 3 is 2.52 bits per heavy atom. The van der Waals surface area contributed by atoms with Crippen molar-refractivity contribution in [3.05, 3.63) is 93.8 Å². The maximum absolute atomic E-state index is 12.1. The molecule has 3 aromatic carbocycles. The molecule has 0 atom stereocenters. The molecule has 0 unspecified atom stereocenters. The van der Waals surface area contributed by atoms with E-state index in [1.165, 1.54) is 6.33 Å². The molecule has 0 aliphatic heterocycles. The van der Waals surface area contributed by atoms with Crippen LogP contribution < -0.4 is 10.2 Å². The van der Waals surface area contributed by atoms with Crippen molar-refractivity contribution < 1.29 is 4.92 Å². The van der Waals surface area contributed by atoms with Gasteiger partial charge in [-0.3, -0.25) is 10.1 Å². The fourth-order valence-corrected chi connectivity index (χ4v) is 3.66. The molecular weight excluding hydrogens is 414 g/mol. The van der Waals surface area contributed by atoms with Crippen LogP contribution in [0.3, 0.4) is 0 Å². The van der Waals surface area contributed by atoms with E-state index < -0.39 is 4.92 Å². The average Bonchev–Trinajstić information content (AvgIpc) is 2.79. The molecule has 0 aliphatic carbocycles. The highest BCUT2D eigenvalue weighted by Crippen LogP contribution is 2.38. The molecule has 31 heavy (non-hydrogen) atoms. The van der Waals surface area contributed by atoms with E-state index in [0.29, 0.717) is 18.1 Å². The highest BCUT2D eigenvalue weighted by molar-refractivity contribution is 6.30. The lowest BCUT2D eigenvalue weighted by molar-refractivity contribution is -0.383. The van der Waals surface area contributed by atoms with Crippen LogP contribution in [0.5, 0.6) is 0 Å². The first-order chi connectivity index (χ1) is 15.1. The lowest BCUT2D eigenvalue weighted by Gasteiger charge is -2.24. The van der Waals surface area contributed by atoms with E-state index in [9.17, 15) is 10.1 Å². The SMILES string of the molecule is CCN(c1ncnc(NCc2ccc(Cl)cc2)c1[N+](=O)[O-])c1cccc2ccccc12. The quantitative estimate of drug-likeness (QED) is 0.286. The number of halogens is 1. The summed E-state index contributed by atoms with van der Waals surface area (Å²) in [7, 11) is 0. The molecule has 8 heteroatoms. The van der Waals surface area contributed by atoms with E-state index in [0.717, 1.165) is 22.0 Å². The lowest BCUT2D eigenvalue weighted by Crippen LogP contribution is -2.20. The van der Waals surface area contributed by atoms with Crippen LogP contribution in [0.1, 0.15) is 12.5 Å². The molecule has 0 aliphatic rings. The summed E-state index contributed by atoms with van der Waals surface area (Å²) >= 11 is 5.93. The zero-order chi connectivity index (χ0) is 21.8. The van der Waals surface area contributed by atoms with Crippen LogP contribution >= 0.6 is 11.6 Å². The summed E-state index contributed by atoms with van der Waals surface area (Å²) in [5.74, 6) is 0.418. The van der Waals surface area contributed by atoms with Gasteiger partial charge in [0.15, 0.2) is 0 Å². The van der Waals surface area contributed by atoms with Crippen LogP contribution in [-0.2, 0) is 6.54 Å². The third-order valence-electron chi connectivity index (χ3n) is 4.99. The largest absolute Gasteiger partial charge is 0.360 e. The zero-order valence-electron chi connectivity index (χ0n) is 16.8. The molecule has 4 aromatic rings. The maximum Gasteiger partial charge on any atom is 0.353 e. The van der Waals surface area contributed by atoms with Gasteiger partial charge in [-0.05, 0) is 36.1 Å². The molecule has 0 saturated carbocycles. The third kappa shape index (κ3) is 4.27. The second-order valence-electron chi connectivity index (χ2n) is 6.87. The number of benzene rings is 3. The van der Waals surface area contributed by atoms with Crippen LogP contribution in [0.2, 0.25) is 5.02 Å². The minimum atomic E-state index is -0.437. The lowest BCUT2D eigenvalue weighted by atomic mass is 10.1. The van der Waals surface area contributed by atoms with Gasteiger partial charge in [0.05, 0.1) is 10.6 Å². The Hall–Kier alpha value is -3.71. The van der Waals surface area contributed by atoms with Gasteiger partial charge in [-0.2, -0.15) is 0 Å². The second-order valence-corrected chi connectivity index (χ2v) is 7.31. The molecule has 1 aromatic heterocycles. The van der Waals surface area contributed by atoms with Crippen LogP contribution in [0.15, 0.2) is 73.1 Å². The number of hydrogen-bond acceptors (Lipinski definition) is 6. The van der Waals surface area contributed by atoms with Crippen LogP contribution in [-0.4, -0.2) is 21.4 Å². The number of anilines is 3. The number of nitro groups is 1. The number of nitrogens with one attached hydrogen (secondary N) is 1. The molecule has 156 valence electrons. The van der Waals surface area contributed by atoms with Gasteiger partial charge >= 0.3 is 5.69 Å². The van der Waals surface area contributed by atoms with Crippen molar-refractivity contribution >= 4 is 45.4 Å². The topological polar surface area (TPSA) is 84.2 Å². The molecule has 4 rings (SSSR count). The molecule has 0 amide bonds. The summed E-state index contributed by atoms with van der Waals surface area (Å²) in [6.45, 7) is 2.81. The van der Waals surface area contributed by atoms with E-state index in [-0.39, 0.29) is 17.3 Å². The molecule has 1 heterocycles. The minimum absolute atomic E-state index is 0.161. The monoisotopic (exact) mass is 433 g/mol. The van der Waals surface area contributed by atoms with E-state index in [4.69, 9.17) is 11.6 Å². The molecule has 0 spiro atoms. The molecule has 0 bridgehead atoms. The Morgan fingerprint density at radius 1 is 1.03 bits per heavy atom. The maximum atomic E-state index is 12.1. The number of nitrogens with zero attached hydrogens (tertiary/aromatic N) is 4. The van der Waals surface area contributed by atoms with Crippen molar-refractivity contribution in [2.24, 2.45) is 0 Å². The first-order valence-corrected chi connectivity index (χ1v) is 10.2. The Bertz CT molecular complexity index is 1230. The smallest absolute Gasteiger partial charge is 0.353 e. The number of fused-ring (bicyclic) bond motifs is 1. The predicted octanol–water partition coefficient (Wildman–Crippen LogP) is 5.96. The molecular formula is C23H20ClN5O2. The van der Waals surface area contributed by atoms with Crippen LogP contribution in [0.25, 0.3) is 10.8 Å².